The molecule has 0 bridgehead atoms. The molecule has 8 heteroatoms. The van der Waals surface area contributed by atoms with Gasteiger partial charge in [-0.15, -0.1) is 12.4 Å². The fourth-order valence-electron chi connectivity index (χ4n) is 1.42. The Hall–Kier alpha value is -1.21. The summed E-state index contributed by atoms with van der Waals surface area (Å²) >= 11 is 0. The molecule has 0 saturated heterocycles. The standard InChI is InChI=1S/C8H9F2N3O2.ClH/c1-14-6-4-2-11-3-5(4)12-8(13-6)15-7(9)10;/h7,11H,2-3H2,1H3;1H. The number of aromatic nitrogens is 2. The predicted octanol–water partition coefficient (Wildman–Crippen LogP) is 1.11. The Kier molecular flexibility index (Phi) is 4.19. The van der Waals surface area contributed by atoms with E-state index in [9.17, 15) is 8.78 Å². The van der Waals surface area contributed by atoms with Crippen LogP contribution in [0.3, 0.4) is 0 Å². The topological polar surface area (TPSA) is 56.3 Å². The van der Waals surface area contributed by atoms with E-state index in [1.54, 1.807) is 0 Å². The second-order valence-electron chi connectivity index (χ2n) is 2.92. The summed E-state index contributed by atoms with van der Waals surface area (Å²) < 4.78 is 33.0. The van der Waals surface area contributed by atoms with E-state index in [4.69, 9.17) is 4.74 Å². The van der Waals surface area contributed by atoms with E-state index < -0.39 is 6.61 Å². The molecule has 1 aliphatic rings. The van der Waals surface area contributed by atoms with Crippen molar-refractivity contribution in [3.63, 3.8) is 0 Å². The molecular weight excluding hydrogens is 244 g/mol. The average Bonchev–Trinajstić information content (AvgIpc) is 2.63. The third-order valence-corrected chi connectivity index (χ3v) is 2.02. The Morgan fingerprint density at radius 3 is 2.69 bits per heavy atom. The van der Waals surface area contributed by atoms with Gasteiger partial charge in [-0.25, -0.2) is 0 Å². The molecule has 1 aromatic rings. The molecule has 0 spiro atoms. The van der Waals surface area contributed by atoms with Crippen LogP contribution >= 0.6 is 12.4 Å². The quantitative estimate of drug-likeness (QED) is 0.875. The minimum Gasteiger partial charge on any atom is -0.481 e. The van der Waals surface area contributed by atoms with E-state index in [0.717, 1.165) is 5.56 Å². The summed E-state index contributed by atoms with van der Waals surface area (Å²) in [6.45, 7) is -1.84. The van der Waals surface area contributed by atoms with Crippen molar-refractivity contribution < 1.29 is 18.3 Å². The van der Waals surface area contributed by atoms with Gasteiger partial charge in [-0.2, -0.15) is 18.7 Å². The lowest BCUT2D eigenvalue weighted by Gasteiger charge is -2.07. The third-order valence-electron chi connectivity index (χ3n) is 2.02. The SMILES string of the molecule is COc1nc(OC(F)F)nc2c1CNC2.Cl. The second-order valence-corrected chi connectivity index (χ2v) is 2.92. The normalized spacial score (nSPS) is 13.2. The number of hydrogen-bond donors (Lipinski definition) is 1. The van der Waals surface area contributed by atoms with Crippen molar-refractivity contribution in [3.05, 3.63) is 11.3 Å². The fraction of sp³-hybridized carbons (Fsp3) is 0.500. The van der Waals surface area contributed by atoms with Crippen molar-refractivity contribution in [1.82, 2.24) is 15.3 Å². The van der Waals surface area contributed by atoms with Crippen LogP contribution in [0.4, 0.5) is 8.78 Å². The van der Waals surface area contributed by atoms with Crippen LogP contribution in [0.5, 0.6) is 11.9 Å². The molecule has 0 amide bonds. The second kappa shape index (κ2) is 5.22. The summed E-state index contributed by atoms with van der Waals surface area (Å²) in [5, 5.41) is 3.02. The summed E-state index contributed by atoms with van der Waals surface area (Å²) in [7, 11) is 1.42. The first kappa shape index (κ1) is 12.9. The van der Waals surface area contributed by atoms with Crippen LogP contribution in [-0.4, -0.2) is 23.7 Å². The largest absolute Gasteiger partial charge is 0.481 e. The summed E-state index contributed by atoms with van der Waals surface area (Å²) in [5.41, 5.74) is 1.43. The molecule has 0 atom stereocenters. The molecule has 2 rings (SSSR count). The van der Waals surface area contributed by atoms with Gasteiger partial charge in [0.1, 0.15) is 0 Å². The van der Waals surface area contributed by atoms with Gasteiger partial charge in [-0.3, -0.25) is 0 Å². The van der Waals surface area contributed by atoms with Crippen molar-refractivity contribution in [3.8, 4) is 11.9 Å². The highest BCUT2D eigenvalue weighted by Crippen LogP contribution is 2.25. The van der Waals surface area contributed by atoms with Crippen LogP contribution < -0.4 is 14.8 Å². The molecule has 0 fully saturated rings. The lowest BCUT2D eigenvalue weighted by atomic mass is 10.3. The van der Waals surface area contributed by atoms with E-state index in [0.29, 0.717) is 18.8 Å². The molecule has 5 nitrogen and oxygen atoms in total. The average molecular weight is 254 g/mol. The van der Waals surface area contributed by atoms with Crippen LogP contribution in [0, 0.1) is 0 Å². The molecular formula is C8H10ClF2N3O2. The molecule has 0 radical (unpaired) electrons. The monoisotopic (exact) mass is 253 g/mol. The molecule has 1 N–H and O–H groups in total. The Labute approximate surface area is 96.6 Å². The predicted molar refractivity (Wildman–Crippen MR) is 53.0 cm³/mol. The molecule has 0 unspecified atom stereocenters. The van der Waals surface area contributed by atoms with E-state index in [2.05, 4.69) is 20.0 Å². The van der Waals surface area contributed by atoms with Crippen molar-refractivity contribution in [2.75, 3.05) is 7.11 Å². The first-order valence-corrected chi connectivity index (χ1v) is 4.30. The third kappa shape index (κ3) is 2.48. The van der Waals surface area contributed by atoms with E-state index in [1.807, 2.05) is 0 Å². The molecule has 1 aromatic heterocycles. The zero-order valence-electron chi connectivity index (χ0n) is 8.37. The number of halogens is 3. The number of alkyl halides is 2. The van der Waals surface area contributed by atoms with Gasteiger partial charge in [-0.1, -0.05) is 0 Å². The van der Waals surface area contributed by atoms with Gasteiger partial charge in [0.15, 0.2) is 0 Å². The van der Waals surface area contributed by atoms with Crippen LogP contribution in [-0.2, 0) is 13.1 Å². The Balaban J connectivity index is 0.00000128. The Morgan fingerprint density at radius 2 is 2.06 bits per heavy atom. The van der Waals surface area contributed by atoms with Gasteiger partial charge in [0.25, 0.3) is 0 Å². The summed E-state index contributed by atoms with van der Waals surface area (Å²) in [4.78, 5) is 7.57. The van der Waals surface area contributed by atoms with Gasteiger partial charge in [0, 0.05) is 13.1 Å². The minimum absolute atomic E-state index is 0. The van der Waals surface area contributed by atoms with Gasteiger partial charge in [0.2, 0.25) is 5.88 Å². The van der Waals surface area contributed by atoms with Gasteiger partial charge >= 0.3 is 12.6 Å². The molecule has 0 saturated carbocycles. The molecule has 90 valence electrons. The van der Waals surface area contributed by atoms with Crippen molar-refractivity contribution >= 4 is 12.4 Å². The maximum atomic E-state index is 11.9. The maximum Gasteiger partial charge on any atom is 0.389 e. The van der Waals surface area contributed by atoms with E-state index in [1.165, 1.54) is 7.11 Å². The van der Waals surface area contributed by atoms with E-state index in [-0.39, 0.29) is 24.3 Å². The number of ether oxygens (including phenoxy) is 2. The van der Waals surface area contributed by atoms with Gasteiger partial charge in [0.05, 0.1) is 18.4 Å². The summed E-state index contributed by atoms with van der Waals surface area (Å²) in [6, 6.07) is -0.357. The van der Waals surface area contributed by atoms with Crippen LogP contribution in [0.1, 0.15) is 11.3 Å². The molecule has 0 aromatic carbocycles. The lowest BCUT2D eigenvalue weighted by Crippen LogP contribution is -2.08. The summed E-state index contributed by atoms with van der Waals surface area (Å²) in [5.74, 6) is 0.278. The van der Waals surface area contributed by atoms with E-state index >= 15 is 0 Å². The number of rotatable bonds is 3. The smallest absolute Gasteiger partial charge is 0.389 e. The number of fused-ring (bicyclic) bond motifs is 1. The van der Waals surface area contributed by atoms with Gasteiger partial charge in [-0.05, 0) is 0 Å². The number of hydrogen-bond acceptors (Lipinski definition) is 5. The highest BCUT2D eigenvalue weighted by Gasteiger charge is 2.21. The van der Waals surface area contributed by atoms with Gasteiger partial charge < -0.3 is 14.8 Å². The van der Waals surface area contributed by atoms with Crippen molar-refractivity contribution in [1.29, 1.82) is 0 Å². The lowest BCUT2D eigenvalue weighted by molar-refractivity contribution is -0.0564. The minimum atomic E-state index is -2.93. The Morgan fingerprint density at radius 1 is 1.31 bits per heavy atom. The van der Waals surface area contributed by atoms with Crippen LogP contribution in [0.25, 0.3) is 0 Å². The maximum absolute atomic E-state index is 11.9. The highest BCUT2D eigenvalue weighted by atomic mass is 35.5. The fourth-order valence-corrected chi connectivity index (χ4v) is 1.42. The zero-order chi connectivity index (χ0) is 10.8. The highest BCUT2D eigenvalue weighted by molar-refractivity contribution is 5.85. The van der Waals surface area contributed by atoms with Crippen LogP contribution in [0.2, 0.25) is 0 Å². The van der Waals surface area contributed by atoms with Crippen molar-refractivity contribution in [2.45, 2.75) is 19.7 Å². The molecule has 2 heterocycles. The van der Waals surface area contributed by atoms with Crippen molar-refractivity contribution in [2.24, 2.45) is 0 Å². The number of nitrogens with one attached hydrogen (secondary N) is 1. The molecule has 0 aliphatic carbocycles. The summed E-state index contributed by atoms with van der Waals surface area (Å²) in [6.07, 6.45) is 0. The number of methoxy groups -OCH3 is 1. The van der Waals surface area contributed by atoms with Crippen LogP contribution in [0.15, 0.2) is 0 Å². The first-order chi connectivity index (χ1) is 7.20. The molecule has 1 aliphatic heterocycles. The number of nitrogens with zero attached hydrogens (tertiary/aromatic N) is 2. The first-order valence-electron chi connectivity index (χ1n) is 4.30. The molecule has 16 heavy (non-hydrogen) atoms. The zero-order valence-corrected chi connectivity index (χ0v) is 9.18. The Bertz CT molecular complexity index is 379.